The number of nitrogens with zero attached hydrogens (tertiary/aromatic N) is 3. The van der Waals surface area contributed by atoms with Gasteiger partial charge in [-0.05, 0) is 50.9 Å². The monoisotopic (exact) mass is 245 g/mol. The summed E-state index contributed by atoms with van der Waals surface area (Å²) in [6.07, 6.45) is 6.07. The number of likely N-dealkylation sites (N-methyl/N-ethyl adjacent to an activating group) is 1. The number of nitriles is 1. The lowest BCUT2D eigenvalue weighted by molar-refractivity contribution is 0.380. The van der Waals surface area contributed by atoms with Crippen molar-refractivity contribution in [2.45, 2.75) is 32.2 Å². The third kappa shape index (κ3) is 2.46. The first-order valence-electron chi connectivity index (χ1n) is 6.43. The van der Waals surface area contributed by atoms with Crippen molar-refractivity contribution in [3.8, 4) is 6.07 Å². The SMILES string of the molecule is CN(C)CCn1cc2c(c(C#N)c1=O)CCCC2. The molecule has 18 heavy (non-hydrogen) atoms. The lowest BCUT2D eigenvalue weighted by atomic mass is 9.90. The molecule has 1 aromatic rings. The first kappa shape index (κ1) is 12.8. The van der Waals surface area contributed by atoms with E-state index in [-0.39, 0.29) is 5.56 Å². The molecule has 1 aromatic heterocycles. The first-order chi connectivity index (χ1) is 8.63. The van der Waals surface area contributed by atoms with Gasteiger partial charge in [-0.15, -0.1) is 0 Å². The van der Waals surface area contributed by atoms with Crippen LogP contribution in [0.5, 0.6) is 0 Å². The number of pyridine rings is 1. The average Bonchev–Trinajstić information content (AvgIpc) is 2.36. The van der Waals surface area contributed by atoms with E-state index in [0.717, 1.165) is 37.8 Å². The molecule has 0 atom stereocenters. The van der Waals surface area contributed by atoms with Gasteiger partial charge < -0.3 is 9.47 Å². The molecule has 0 spiro atoms. The van der Waals surface area contributed by atoms with Gasteiger partial charge in [0.2, 0.25) is 0 Å². The van der Waals surface area contributed by atoms with Gasteiger partial charge >= 0.3 is 0 Å². The van der Waals surface area contributed by atoms with Crippen molar-refractivity contribution < 1.29 is 0 Å². The molecule has 0 saturated carbocycles. The summed E-state index contributed by atoms with van der Waals surface area (Å²) in [7, 11) is 3.96. The normalized spacial score (nSPS) is 14.3. The van der Waals surface area contributed by atoms with Crippen molar-refractivity contribution in [1.29, 1.82) is 5.26 Å². The number of aromatic nitrogens is 1. The Morgan fingerprint density at radius 3 is 2.78 bits per heavy atom. The number of hydrogen-bond acceptors (Lipinski definition) is 3. The summed E-state index contributed by atoms with van der Waals surface area (Å²) < 4.78 is 1.70. The summed E-state index contributed by atoms with van der Waals surface area (Å²) in [4.78, 5) is 14.2. The maximum Gasteiger partial charge on any atom is 0.268 e. The van der Waals surface area contributed by atoms with Crippen LogP contribution < -0.4 is 5.56 Å². The van der Waals surface area contributed by atoms with E-state index >= 15 is 0 Å². The van der Waals surface area contributed by atoms with Crippen LogP contribution in [0.3, 0.4) is 0 Å². The second kappa shape index (κ2) is 5.36. The molecule has 4 nitrogen and oxygen atoms in total. The van der Waals surface area contributed by atoms with Gasteiger partial charge in [0, 0.05) is 19.3 Å². The molecule has 0 aromatic carbocycles. The van der Waals surface area contributed by atoms with Gasteiger partial charge in [-0.25, -0.2) is 0 Å². The van der Waals surface area contributed by atoms with Crippen LogP contribution >= 0.6 is 0 Å². The highest BCUT2D eigenvalue weighted by Gasteiger charge is 2.18. The molecule has 96 valence electrons. The first-order valence-corrected chi connectivity index (χ1v) is 6.43. The fourth-order valence-corrected chi connectivity index (χ4v) is 2.47. The van der Waals surface area contributed by atoms with E-state index in [0.29, 0.717) is 12.1 Å². The van der Waals surface area contributed by atoms with Crippen LogP contribution in [-0.2, 0) is 19.4 Å². The van der Waals surface area contributed by atoms with Gasteiger partial charge in [-0.1, -0.05) is 0 Å². The van der Waals surface area contributed by atoms with E-state index < -0.39 is 0 Å². The van der Waals surface area contributed by atoms with Gasteiger partial charge in [0.15, 0.2) is 0 Å². The molecule has 0 unspecified atom stereocenters. The molecule has 4 heteroatoms. The zero-order valence-corrected chi connectivity index (χ0v) is 11.1. The van der Waals surface area contributed by atoms with Crippen LogP contribution in [0.1, 0.15) is 29.5 Å². The quantitative estimate of drug-likeness (QED) is 0.803. The van der Waals surface area contributed by atoms with E-state index in [9.17, 15) is 10.1 Å². The minimum atomic E-state index is -0.125. The molecular formula is C14H19N3O. The van der Waals surface area contributed by atoms with E-state index in [1.807, 2.05) is 25.2 Å². The van der Waals surface area contributed by atoms with Crippen LogP contribution in [-0.4, -0.2) is 30.1 Å². The molecule has 0 radical (unpaired) electrons. The van der Waals surface area contributed by atoms with E-state index in [1.165, 1.54) is 5.56 Å². The van der Waals surface area contributed by atoms with Crippen LogP contribution in [0, 0.1) is 11.3 Å². The summed E-state index contributed by atoms with van der Waals surface area (Å²) in [5, 5.41) is 9.20. The van der Waals surface area contributed by atoms with Crippen molar-refractivity contribution in [2.24, 2.45) is 0 Å². The summed E-state index contributed by atoms with van der Waals surface area (Å²) in [6, 6.07) is 2.10. The number of hydrogen-bond donors (Lipinski definition) is 0. The predicted octanol–water partition coefficient (Wildman–Crippen LogP) is 1.16. The maximum absolute atomic E-state index is 12.2. The zero-order valence-electron chi connectivity index (χ0n) is 11.1. The molecule has 0 bridgehead atoms. The average molecular weight is 245 g/mol. The summed E-state index contributed by atoms with van der Waals surface area (Å²) in [6.45, 7) is 1.46. The highest BCUT2D eigenvalue weighted by Crippen LogP contribution is 2.21. The molecule has 2 rings (SSSR count). The fraction of sp³-hybridized carbons (Fsp3) is 0.571. The van der Waals surface area contributed by atoms with Gasteiger partial charge in [0.1, 0.15) is 11.6 Å². The zero-order chi connectivity index (χ0) is 13.1. The molecule has 1 aliphatic carbocycles. The van der Waals surface area contributed by atoms with E-state index in [4.69, 9.17) is 0 Å². The lowest BCUT2D eigenvalue weighted by Crippen LogP contribution is -2.30. The highest BCUT2D eigenvalue weighted by molar-refractivity contribution is 5.41. The predicted molar refractivity (Wildman–Crippen MR) is 70.6 cm³/mol. The number of rotatable bonds is 3. The Labute approximate surface area is 107 Å². The van der Waals surface area contributed by atoms with Crippen molar-refractivity contribution in [3.05, 3.63) is 33.2 Å². The van der Waals surface area contributed by atoms with Crippen LogP contribution in [0.25, 0.3) is 0 Å². The number of fused-ring (bicyclic) bond motifs is 1. The van der Waals surface area contributed by atoms with Gasteiger partial charge in [-0.2, -0.15) is 5.26 Å². The molecule has 0 saturated heterocycles. The summed E-state index contributed by atoms with van der Waals surface area (Å²) >= 11 is 0. The third-order valence-corrected chi connectivity index (χ3v) is 3.50. The Morgan fingerprint density at radius 2 is 2.11 bits per heavy atom. The molecule has 0 aliphatic heterocycles. The van der Waals surface area contributed by atoms with Crippen molar-refractivity contribution in [1.82, 2.24) is 9.47 Å². The molecule has 1 heterocycles. The third-order valence-electron chi connectivity index (χ3n) is 3.50. The minimum Gasteiger partial charge on any atom is -0.313 e. The molecule has 0 N–H and O–H groups in total. The summed E-state index contributed by atoms with van der Waals surface area (Å²) in [5.74, 6) is 0. The second-order valence-electron chi connectivity index (χ2n) is 5.13. The van der Waals surface area contributed by atoms with Crippen LogP contribution in [0.15, 0.2) is 11.0 Å². The summed E-state index contributed by atoms with van der Waals surface area (Å²) in [5.41, 5.74) is 2.43. The minimum absolute atomic E-state index is 0.125. The van der Waals surface area contributed by atoms with Crippen molar-refractivity contribution in [3.63, 3.8) is 0 Å². The fourth-order valence-electron chi connectivity index (χ4n) is 2.47. The Morgan fingerprint density at radius 1 is 1.39 bits per heavy atom. The Bertz CT molecular complexity index is 537. The molecule has 1 aliphatic rings. The Hall–Kier alpha value is -1.60. The van der Waals surface area contributed by atoms with Gasteiger partial charge in [0.05, 0.1) is 0 Å². The lowest BCUT2D eigenvalue weighted by Gasteiger charge is -2.19. The van der Waals surface area contributed by atoms with Crippen molar-refractivity contribution >= 4 is 0 Å². The van der Waals surface area contributed by atoms with Crippen molar-refractivity contribution in [2.75, 3.05) is 20.6 Å². The smallest absolute Gasteiger partial charge is 0.268 e. The Balaban J connectivity index is 2.43. The van der Waals surface area contributed by atoms with E-state index in [2.05, 4.69) is 6.07 Å². The van der Waals surface area contributed by atoms with Gasteiger partial charge in [0.25, 0.3) is 5.56 Å². The largest absolute Gasteiger partial charge is 0.313 e. The maximum atomic E-state index is 12.2. The highest BCUT2D eigenvalue weighted by atomic mass is 16.1. The molecule has 0 fully saturated rings. The van der Waals surface area contributed by atoms with Crippen LogP contribution in [0.4, 0.5) is 0 Å². The standard InChI is InChI=1S/C14H19N3O/c1-16(2)7-8-17-10-11-5-3-4-6-12(11)13(9-15)14(17)18/h10H,3-8H2,1-2H3. The Kier molecular flexibility index (Phi) is 3.83. The number of aryl methyl sites for hydroxylation is 1. The molecule has 0 amide bonds. The molecular weight excluding hydrogens is 226 g/mol. The topological polar surface area (TPSA) is 49.0 Å². The van der Waals surface area contributed by atoms with Gasteiger partial charge in [-0.3, -0.25) is 4.79 Å². The van der Waals surface area contributed by atoms with Crippen LogP contribution in [0.2, 0.25) is 0 Å². The van der Waals surface area contributed by atoms with E-state index in [1.54, 1.807) is 4.57 Å². The second-order valence-corrected chi connectivity index (χ2v) is 5.13.